The summed E-state index contributed by atoms with van der Waals surface area (Å²) in [5, 5.41) is 31.5. The van der Waals surface area contributed by atoms with Gasteiger partial charge in [0.05, 0.1) is 6.10 Å². The van der Waals surface area contributed by atoms with Gasteiger partial charge in [0.1, 0.15) is 12.2 Å². The number of Topliss-reactive ketones (excluding diaryl/α,β-unsaturated/α-hetero) is 1. The first-order chi connectivity index (χ1) is 14.1. The van der Waals surface area contributed by atoms with Crippen molar-refractivity contribution < 1.29 is 65.4 Å². The van der Waals surface area contributed by atoms with Crippen molar-refractivity contribution in [1.82, 2.24) is 0 Å². The zero-order valence-electron chi connectivity index (χ0n) is 19.5. The summed E-state index contributed by atoms with van der Waals surface area (Å²) >= 11 is 0. The van der Waals surface area contributed by atoms with Gasteiger partial charge >= 0.3 is 35.5 Å². The fraction of sp³-hybridized carbons (Fsp3) is 0.696. The average molecular weight is 442 g/mol. The van der Waals surface area contributed by atoms with E-state index >= 15 is 0 Å². The molecule has 0 spiro atoms. The number of ketones is 2. The van der Waals surface area contributed by atoms with Crippen LogP contribution in [0.5, 0.6) is 0 Å². The Morgan fingerprint density at radius 1 is 1.29 bits per heavy atom. The van der Waals surface area contributed by atoms with E-state index in [1.54, 1.807) is 12.2 Å². The van der Waals surface area contributed by atoms with Crippen LogP contribution in [0.15, 0.2) is 23.8 Å². The number of allylic oxidation sites excluding steroid dienone is 4. The maximum atomic E-state index is 12.9. The van der Waals surface area contributed by atoms with Gasteiger partial charge in [0.2, 0.25) is 5.78 Å². The predicted octanol–water partition coefficient (Wildman–Crippen LogP) is -1.78. The summed E-state index contributed by atoms with van der Waals surface area (Å²) in [6.07, 6.45) is 7.19. The van der Waals surface area contributed by atoms with E-state index in [0.717, 1.165) is 18.4 Å². The molecule has 0 aliphatic heterocycles. The number of carbonyl (C=O) groups excluding carboxylic acids is 3. The van der Waals surface area contributed by atoms with Gasteiger partial charge in [-0.2, -0.15) is 0 Å². The number of fused-ring (bicyclic) bond motifs is 5. The molecule has 0 aromatic heterocycles. The van der Waals surface area contributed by atoms with Gasteiger partial charge < -0.3 is 21.5 Å². The zero-order valence-corrected chi connectivity index (χ0v) is 20.5. The Morgan fingerprint density at radius 2 is 2.00 bits per heavy atom. The second-order valence-electron chi connectivity index (χ2n) is 9.85. The van der Waals surface area contributed by atoms with Crippen molar-refractivity contribution in [3.8, 4) is 0 Å². The minimum absolute atomic E-state index is 0. The monoisotopic (exact) mass is 442 g/mol. The van der Waals surface area contributed by atoms with Crippen molar-refractivity contribution in [2.45, 2.75) is 57.7 Å². The summed E-state index contributed by atoms with van der Waals surface area (Å²) in [5.74, 6) is -1.43. The van der Waals surface area contributed by atoms with Crippen LogP contribution >= 0.6 is 0 Å². The van der Waals surface area contributed by atoms with Crippen LogP contribution in [-0.4, -0.2) is 57.8 Å². The molecule has 7 nitrogen and oxygen atoms in total. The van der Waals surface area contributed by atoms with Crippen LogP contribution in [0.1, 0.15) is 47.4 Å². The van der Waals surface area contributed by atoms with Crippen LogP contribution in [0.25, 0.3) is 0 Å². The van der Waals surface area contributed by atoms with Crippen LogP contribution in [0.2, 0.25) is 0 Å². The molecule has 0 bridgehead atoms. The molecule has 3 N–H and O–H groups in total. The maximum Gasteiger partial charge on any atom is 1.00 e. The Morgan fingerprint density at radius 3 is 2.68 bits per heavy atom. The molecule has 31 heavy (non-hydrogen) atoms. The van der Waals surface area contributed by atoms with Crippen molar-refractivity contribution in [2.24, 2.45) is 28.6 Å². The molecule has 3 fully saturated rings. The van der Waals surface area contributed by atoms with E-state index in [-0.39, 0.29) is 67.4 Å². The molecular weight excluding hydrogens is 411 g/mol. The summed E-state index contributed by atoms with van der Waals surface area (Å²) < 4.78 is 4.78. The molecule has 7 atom stereocenters. The molecule has 4 rings (SSSR count). The van der Waals surface area contributed by atoms with Crippen molar-refractivity contribution >= 4 is 17.5 Å². The van der Waals surface area contributed by atoms with E-state index in [4.69, 9.17) is 9.84 Å². The summed E-state index contributed by atoms with van der Waals surface area (Å²) in [4.78, 5) is 36.0. The maximum absolute atomic E-state index is 12.9. The fourth-order valence-corrected chi connectivity index (χ4v) is 7.10. The van der Waals surface area contributed by atoms with Crippen LogP contribution < -0.4 is 29.6 Å². The van der Waals surface area contributed by atoms with E-state index in [2.05, 4.69) is 6.92 Å². The van der Waals surface area contributed by atoms with E-state index in [9.17, 15) is 24.6 Å². The van der Waals surface area contributed by atoms with Crippen LogP contribution in [0.4, 0.5) is 0 Å². The molecule has 4 aliphatic carbocycles. The van der Waals surface area contributed by atoms with Gasteiger partial charge in [0.15, 0.2) is 12.4 Å². The average Bonchev–Trinajstić information content (AvgIpc) is 2.97. The van der Waals surface area contributed by atoms with Crippen LogP contribution in [0, 0.1) is 28.6 Å². The second-order valence-corrected chi connectivity index (χ2v) is 9.85. The summed E-state index contributed by atoms with van der Waals surface area (Å²) in [5.41, 5.74) is -1.87. The van der Waals surface area contributed by atoms with Gasteiger partial charge in [-0.1, -0.05) is 25.5 Å². The fourth-order valence-electron chi connectivity index (χ4n) is 7.10. The van der Waals surface area contributed by atoms with E-state index in [1.807, 2.05) is 13.0 Å². The predicted molar refractivity (Wildman–Crippen MR) is 107 cm³/mol. The standard InChI is InChI=1S/C23H30O7.Na.H/c1-21-7-5-14(25)9-13(21)3-4-15-16-6-8-23(29,18(27)12-30-19(28)11-24)22(16,2)10-17(26)20(15)21;;/h5,7,9,15-17,20,24,26,29H,3-4,6,8,10-12H2,1-2H3;;/q;+1;-1/t15-,16-,17-,20+,21-,22-,23-;;/m0../s1. The normalized spacial score (nSPS) is 43.1. The van der Waals surface area contributed by atoms with Gasteiger partial charge in [-0.3, -0.25) is 9.59 Å². The van der Waals surface area contributed by atoms with Crippen LogP contribution in [0.3, 0.4) is 0 Å². The van der Waals surface area contributed by atoms with Crippen molar-refractivity contribution in [3.05, 3.63) is 23.8 Å². The van der Waals surface area contributed by atoms with E-state index in [1.165, 1.54) is 0 Å². The van der Waals surface area contributed by atoms with Crippen molar-refractivity contribution in [3.63, 3.8) is 0 Å². The number of hydrogen-bond donors (Lipinski definition) is 3. The topological polar surface area (TPSA) is 121 Å². The van der Waals surface area contributed by atoms with Gasteiger partial charge in [0.25, 0.3) is 0 Å². The van der Waals surface area contributed by atoms with E-state index < -0.39 is 47.5 Å². The smallest absolute Gasteiger partial charge is 1.00 e. The number of rotatable bonds is 4. The molecule has 0 aromatic carbocycles. The van der Waals surface area contributed by atoms with Crippen molar-refractivity contribution in [2.75, 3.05) is 13.2 Å². The molecule has 0 radical (unpaired) electrons. The van der Waals surface area contributed by atoms with Gasteiger partial charge in [-0.15, -0.1) is 0 Å². The minimum Gasteiger partial charge on any atom is -1.00 e. The van der Waals surface area contributed by atoms with Crippen molar-refractivity contribution in [1.29, 1.82) is 0 Å². The quantitative estimate of drug-likeness (QED) is 0.348. The Kier molecular flexibility index (Phi) is 6.81. The Balaban J connectivity index is 0.00000181. The number of carbonyl (C=O) groups is 3. The molecule has 4 aliphatic rings. The van der Waals surface area contributed by atoms with Gasteiger partial charge in [-0.05, 0) is 56.1 Å². The number of aliphatic hydroxyl groups excluding tert-OH is 2. The molecule has 0 aromatic rings. The number of hydrogen-bond acceptors (Lipinski definition) is 7. The number of ether oxygens (including phenoxy) is 1. The third kappa shape index (κ3) is 3.62. The Bertz CT molecular complexity index is 857. The summed E-state index contributed by atoms with van der Waals surface area (Å²) in [7, 11) is 0. The van der Waals surface area contributed by atoms with Crippen LogP contribution in [-0.2, 0) is 19.1 Å². The minimum atomic E-state index is -1.69. The zero-order chi connectivity index (χ0) is 21.9. The molecular formula is C23H31NaO7. The van der Waals surface area contributed by atoms with E-state index in [0.29, 0.717) is 6.42 Å². The molecule has 0 amide bonds. The Labute approximate surface area is 205 Å². The SMILES string of the molecule is C[C@]12C=CC(=O)C=C1CC[C@@H]1[C@@H]2[C@@H](O)C[C@@]2(C)[C@H]1CC[C@]2(O)C(=O)COC(=O)CO.[H-].[Na+]. The van der Waals surface area contributed by atoms with Gasteiger partial charge in [0, 0.05) is 16.7 Å². The molecule has 0 heterocycles. The first-order valence-corrected chi connectivity index (χ1v) is 10.7. The number of aliphatic hydroxyl groups is 3. The second kappa shape index (κ2) is 8.50. The third-order valence-electron chi connectivity index (χ3n) is 8.60. The molecule has 0 unspecified atom stereocenters. The first-order valence-electron chi connectivity index (χ1n) is 10.7. The largest absolute Gasteiger partial charge is 1.00 e. The first kappa shape index (κ1) is 24.8. The molecule has 166 valence electrons. The molecule has 8 heteroatoms. The third-order valence-corrected chi connectivity index (χ3v) is 8.60. The van der Waals surface area contributed by atoms with Gasteiger partial charge in [-0.25, -0.2) is 4.79 Å². The molecule has 3 saturated carbocycles. The molecule has 0 saturated heterocycles. The summed E-state index contributed by atoms with van der Waals surface area (Å²) in [6.45, 7) is 2.53. The Hall–Kier alpha value is -0.830. The number of esters is 1. The summed E-state index contributed by atoms with van der Waals surface area (Å²) in [6, 6.07) is 0.